The molecule has 0 bridgehead atoms. The number of hydrogen-bond acceptors (Lipinski definition) is 3. The molecular weight excluding hydrogens is 326 g/mol. The number of fused-ring (bicyclic) bond motifs is 1. The normalized spacial score (nSPS) is 26.1. The molecule has 2 heterocycles. The van der Waals surface area contributed by atoms with Gasteiger partial charge in [-0.15, -0.1) is 0 Å². The van der Waals surface area contributed by atoms with E-state index in [1.165, 1.54) is 4.90 Å². The van der Waals surface area contributed by atoms with Crippen molar-refractivity contribution in [3.8, 4) is 0 Å². The highest BCUT2D eigenvalue weighted by atomic mass is 32.2. The van der Waals surface area contributed by atoms with Crippen LogP contribution in [0.2, 0.25) is 0 Å². The fourth-order valence-corrected chi connectivity index (χ4v) is 5.03. The van der Waals surface area contributed by atoms with Gasteiger partial charge in [-0.3, -0.25) is 4.79 Å². The van der Waals surface area contributed by atoms with Crippen LogP contribution >= 0.6 is 0 Å². The van der Waals surface area contributed by atoms with Gasteiger partial charge in [0, 0.05) is 24.1 Å². The standard InChI is InChI=1S/C15H18F2N2O3S/c1-15(6-8-23(21,22)18-15)9-13(20)19-7-2-3-10-11(16)4-5-12(17)14(10)19/h4-5,18H,2-3,6-9H2,1H3. The maximum Gasteiger partial charge on any atom is 0.228 e. The third kappa shape index (κ3) is 3.10. The Morgan fingerprint density at radius 3 is 2.70 bits per heavy atom. The van der Waals surface area contributed by atoms with Crippen LogP contribution < -0.4 is 9.62 Å². The zero-order chi connectivity index (χ0) is 16.8. The van der Waals surface area contributed by atoms with Gasteiger partial charge in [0.25, 0.3) is 0 Å². The van der Waals surface area contributed by atoms with Gasteiger partial charge in [0.15, 0.2) is 0 Å². The van der Waals surface area contributed by atoms with Crippen molar-refractivity contribution < 1.29 is 22.0 Å². The molecule has 0 aromatic heterocycles. The molecule has 1 atom stereocenters. The Morgan fingerprint density at radius 1 is 1.35 bits per heavy atom. The molecule has 1 saturated heterocycles. The summed E-state index contributed by atoms with van der Waals surface area (Å²) in [5.74, 6) is -1.59. The van der Waals surface area contributed by atoms with E-state index in [1.807, 2.05) is 0 Å². The van der Waals surface area contributed by atoms with E-state index in [-0.39, 0.29) is 23.4 Å². The van der Waals surface area contributed by atoms with E-state index in [0.717, 1.165) is 12.1 Å². The molecule has 5 nitrogen and oxygen atoms in total. The van der Waals surface area contributed by atoms with Crippen molar-refractivity contribution in [2.24, 2.45) is 0 Å². The van der Waals surface area contributed by atoms with Crippen molar-refractivity contribution in [1.82, 2.24) is 4.72 Å². The van der Waals surface area contributed by atoms with Gasteiger partial charge in [-0.25, -0.2) is 21.9 Å². The summed E-state index contributed by atoms with van der Waals surface area (Å²) in [6.07, 6.45) is 1.16. The highest BCUT2D eigenvalue weighted by Crippen LogP contribution is 2.34. The van der Waals surface area contributed by atoms with Gasteiger partial charge in [0.2, 0.25) is 15.9 Å². The lowest BCUT2D eigenvalue weighted by atomic mass is 9.93. The van der Waals surface area contributed by atoms with Crippen LogP contribution in [0.4, 0.5) is 14.5 Å². The predicted molar refractivity (Wildman–Crippen MR) is 81.6 cm³/mol. The molecule has 23 heavy (non-hydrogen) atoms. The first kappa shape index (κ1) is 16.3. The Balaban J connectivity index is 1.87. The largest absolute Gasteiger partial charge is 0.309 e. The molecule has 0 aliphatic carbocycles. The van der Waals surface area contributed by atoms with Crippen molar-refractivity contribution in [2.45, 2.75) is 38.1 Å². The molecule has 1 N–H and O–H groups in total. The topological polar surface area (TPSA) is 66.5 Å². The van der Waals surface area contributed by atoms with Crippen LogP contribution in [-0.2, 0) is 21.2 Å². The number of halogens is 2. The number of hydrogen-bond donors (Lipinski definition) is 1. The second-order valence-corrected chi connectivity index (χ2v) is 8.26. The molecule has 1 aromatic carbocycles. The summed E-state index contributed by atoms with van der Waals surface area (Å²) in [6, 6.07) is 2.08. The van der Waals surface area contributed by atoms with Crippen molar-refractivity contribution in [2.75, 3.05) is 17.2 Å². The first-order valence-electron chi connectivity index (χ1n) is 7.50. The molecule has 1 aromatic rings. The lowest BCUT2D eigenvalue weighted by Crippen LogP contribution is -2.46. The summed E-state index contributed by atoms with van der Waals surface area (Å²) in [5, 5.41) is 0. The minimum atomic E-state index is -3.36. The monoisotopic (exact) mass is 344 g/mol. The highest BCUT2D eigenvalue weighted by molar-refractivity contribution is 7.89. The lowest BCUT2D eigenvalue weighted by Gasteiger charge is -2.32. The lowest BCUT2D eigenvalue weighted by molar-refractivity contribution is -0.119. The highest BCUT2D eigenvalue weighted by Gasteiger charge is 2.41. The number of nitrogens with one attached hydrogen (secondary N) is 1. The van der Waals surface area contributed by atoms with E-state index in [1.54, 1.807) is 6.92 Å². The fourth-order valence-electron chi connectivity index (χ4n) is 3.28. The first-order chi connectivity index (χ1) is 10.7. The summed E-state index contributed by atoms with van der Waals surface area (Å²) in [4.78, 5) is 13.8. The molecule has 126 valence electrons. The number of anilines is 1. The van der Waals surface area contributed by atoms with Gasteiger partial charge < -0.3 is 4.90 Å². The summed E-state index contributed by atoms with van der Waals surface area (Å²) in [5.41, 5.74) is -0.676. The molecule has 0 radical (unpaired) electrons. The van der Waals surface area contributed by atoms with Crippen LogP contribution in [0.3, 0.4) is 0 Å². The minimum Gasteiger partial charge on any atom is -0.309 e. The van der Waals surface area contributed by atoms with Gasteiger partial charge in [-0.05, 0) is 38.3 Å². The van der Waals surface area contributed by atoms with Gasteiger partial charge in [0.05, 0.1) is 11.4 Å². The van der Waals surface area contributed by atoms with Gasteiger partial charge in [0.1, 0.15) is 11.6 Å². The Bertz CT molecular complexity index is 766. The van der Waals surface area contributed by atoms with E-state index in [0.29, 0.717) is 25.8 Å². The average Bonchev–Trinajstić information content (AvgIpc) is 2.76. The second-order valence-electron chi connectivity index (χ2n) is 6.41. The Kier molecular flexibility index (Phi) is 3.92. The quantitative estimate of drug-likeness (QED) is 0.888. The zero-order valence-electron chi connectivity index (χ0n) is 12.7. The van der Waals surface area contributed by atoms with E-state index >= 15 is 0 Å². The van der Waals surface area contributed by atoms with Crippen LogP contribution in [0.25, 0.3) is 0 Å². The van der Waals surface area contributed by atoms with Crippen LogP contribution in [-0.4, -0.2) is 32.2 Å². The molecule has 0 spiro atoms. The number of sulfonamides is 1. The van der Waals surface area contributed by atoms with Crippen LogP contribution in [0.5, 0.6) is 0 Å². The van der Waals surface area contributed by atoms with Crippen LogP contribution in [0.15, 0.2) is 12.1 Å². The predicted octanol–water partition coefficient (Wildman–Crippen LogP) is 1.72. The van der Waals surface area contributed by atoms with Crippen molar-refractivity contribution >= 4 is 21.6 Å². The molecular formula is C15H18F2N2O3S. The smallest absolute Gasteiger partial charge is 0.228 e. The SMILES string of the molecule is CC1(CC(=O)N2CCCc3c(F)ccc(F)c32)CCS(=O)(=O)N1. The third-order valence-electron chi connectivity index (χ3n) is 4.42. The number of rotatable bonds is 2. The maximum absolute atomic E-state index is 14.1. The number of benzene rings is 1. The van der Waals surface area contributed by atoms with Gasteiger partial charge in [-0.2, -0.15) is 0 Å². The minimum absolute atomic E-state index is 0.00861. The molecule has 2 aliphatic rings. The molecule has 1 unspecified atom stereocenters. The Labute approximate surface area is 133 Å². The molecule has 8 heteroatoms. The first-order valence-corrected chi connectivity index (χ1v) is 9.15. The van der Waals surface area contributed by atoms with E-state index < -0.39 is 33.1 Å². The van der Waals surface area contributed by atoms with Crippen LogP contribution in [0.1, 0.15) is 31.7 Å². The summed E-state index contributed by atoms with van der Waals surface area (Å²) in [7, 11) is -3.36. The molecule has 3 rings (SSSR count). The Morgan fingerprint density at radius 2 is 2.04 bits per heavy atom. The maximum atomic E-state index is 14.1. The fraction of sp³-hybridized carbons (Fsp3) is 0.533. The summed E-state index contributed by atoms with van der Waals surface area (Å²) >= 11 is 0. The molecule has 1 fully saturated rings. The number of carbonyl (C=O) groups excluding carboxylic acids is 1. The number of amides is 1. The molecule has 2 aliphatic heterocycles. The summed E-state index contributed by atoms with van der Waals surface area (Å²) in [6.45, 7) is 1.96. The zero-order valence-corrected chi connectivity index (χ0v) is 13.5. The molecule has 1 amide bonds. The van der Waals surface area contributed by atoms with E-state index in [4.69, 9.17) is 0 Å². The van der Waals surface area contributed by atoms with E-state index in [2.05, 4.69) is 4.72 Å². The summed E-state index contributed by atoms with van der Waals surface area (Å²) < 4.78 is 53.6. The number of nitrogens with zero attached hydrogens (tertiary/aromatic N) is 1. The van der Waals surface area contributed by atoms with Crippen molar-refractivity contribution in [1.29, 1.82) is 0 Å². The van der Waals surface area contributed by atoms with E-state index in [9.17, 15) is 22.0 Å². The van der Waals surface area contributed by atoms with Crippen molar-refractivity contribution in [3.05, 3.63) is 29.3 Å². The van der Waals surface area contributed by atoms with Crippen molar-refractivity contribution in [3.63, 3.8) is 0 Å². The number of carbonyl (C=O) groups is 1. The average molecular weight is 344 g/mol. The Hall–Kier alpha value is -1.54. The molecule has 0 saturated carbocycles. The van der Waals surface area contributed by atoms with Gasteiger partial charge in [-0.1, -0.05) is 0 Å². The third-order valence-corrected chi connectivity index (χ3v) is 5.97. The second kappa shape index (κ2) is 5.52. The van der Waals surface area contributed by atoms with Gasteiger partial charge >= 0.3 is 0 Å². The van der Waals surface area contributed by atoms with Crippen LogP contribution in [0, 0.1) is 11.6 Å².